The molecule has 4 nitrogen and oxygen atoms in total. The largest absolute Gasteiger partial charge is 0.471 e. The van der Waals surface area contributed by atoms with Crippen LogP contribution in [0.15, 0.2) is 18.2 Å². The Morgan fingerprint density at radius 3 is 2.62 bits per heavy atom. The number of amides is 1. The Morgan fingerprint density at radius 2 is 2.04 bits per heavy atom. The van der Waals surface area contributed by atoms with Gasteiger partial charge in [-0.25, -0.2) is 4.79 Å². The number of carbonyl (C=O) groups is 2. The van der Waals surface area contributed by atoms with Crippen molar-refractivity contribution in [2.45, 2.75) is 38.8 Å². The Bertz CT molecular complexity index is 628. The summed E-state index contributed by atoms with van der Waals surface area (Å²) in [4.78, 5) is 24.0. The Balaban J connectivity index is 2.16. The molecule has 1 fully saturated rings. The van der Waals surface area contributed by atoms with E-state index in [-0.39, 0.29) is 25.6 Å². The molecular formula is C17H20F3NO3. The van der Waals surface area contributed by atoms with E-state index in [1.165, 1.54) is 0 Å². The minimum absolute atomic E-state index is 0.0396. The van der Waals surface area contributed by atoms with Crippen LogP contribution in [0, 0.1) is 6.92 Å². The molecule has 7 heteroatoms. The lowest BCUT2D eigenvalue weighted by atomic mass is 9.87. The molecule has 1 saturated heterocycles. The summed E-state index contributed by atoms with van der Waals surface area (Å²) >= 11 is 0. The summed E-state index contributed by atoms with van der Waals surface area (Å²) in [6.45, 7) is 3.96. The maximum atomic E-state index is 12.6. The zero-order valence-corrected chi connectivity index (χ0v) is 13.7. The SMILES string of the molecule is CCOC(=O)c1ccc([C@H]2CCCN(C(=O)C(F)(F)F)C2)c(C)c1. The molecule has 24 heavy (non-hydrogen) atoms. The lowest BCUT2D eigenvalue weighted by molar-refractivity contribution is -0.186. The predicted molar refractivity (Wildman–Crippen MR) is 81.7 cm³/mol. The summed E-state index contributed by atoms with van der Waals surface area (Å²) in [5, 5.41) is 0. The van der Waals surface area contributed by atoms with E-state index in [0.29, 0.717) is 18.4 Å². The minimum Gasteiger partial charge on any atom is -0.462 e. The van der Waals surface area contributed by atoms with Gasteiger partial charge in [-0.2, -0.15) is 13.2 Å². The molecule has 1 heterocycles. The van der Waals surface area contributed by atoms with E-state index in [1.807, 2.05) is 6.92 Å². The van der Waals surface area contributed by atoms with Crippen LogP contribution in [0.5, 0.6) is 0 Å². The molecule has 0 aliphatic carbocycles. The summed E-state index contributed by atoms with van der Waals surface area (Å²) in [6.07, 6.45) is -3.61. The van der Waals surface area contributed by atoms with Crippen LogP contribution in [0.2, 0.25) is 0 Å². The van der Waals surface area contributed by atoms with Gasteiger partial charge in [0.15, 0.2) is 0 Å². The number of benzene rings is 1. The Kier molecular flexibility index (Phi) is 5.51. The number of ether oxygens (including phenoxy) is 1. The number of carbonyl (C=O) groups excluding carboxylic acids is 2. The number of piperidine rings is 1. The molecule has 1 aromatic rings. The second-order valence-corrected chi connectivity index (χ2v) is 5.88. The number of esters is 1. The van der Waals surface area contributed by atoms with Gasteiger partial charge >= 0.3 is 18.1 Å². The van der Waals surface area contributed by atoms with Gasteiger partial charge in [0.2, 0.25) is 0 Å². The fraction of sp³-hybridized carbons (Fsp3) is 0.529. The first kappa shape index (κ1) is 18.3. The average molecular weight is 343 g/mol. The highest BCUT2D eigenvalue weighted by molar-refractivity contribution is 5.89. The summed E-state index contributed by atoms with van der Waals surface area (Å²) in [7, 11) is 0. The second kappa shape index (κ2) is 7.23. The van der Waals surface area contributed by atoms with E-state index >= 15 is 0 Å². The second-order valence-electron chi connectivity index (χ2n) is 5.88. The van der Waals surface area contributed by atoms with Gasteiger partial charge in [-0.15, -0.1) is 0 Å². The van der Waals surface area contributed by atoms with Crippen molar-refractivity contribution in [2.75, 3.05) is 19.7 Å². The molecule has 0 radical (unpaired) electrons. The maximum Gasteiger partial charge on any atom is 0.471 e. The van der Waals surface area contributed by atoms with Crippen LogP contribution in [-0.4, -0.2) is 42.6 Å². The number of nitrogens with zero attached hydrogens (tertiary/aromatic N) is 1. The number of likely N-dealkylation sites (tertiary alicyclic amines) is 1. The third kappa shape index (κ3) is 4.07. The van der Waals surface area contributed by atoms with Gasteiger partial charge in [-0.3, -0.25) is 4.79 Å². The fourth-order valence-corrected chi connectivity index (χ4v) is 3.07. The van der Waals surface area contributed by atoms with Crippen LogP contribution in [0.4, 0.5) is 13.2 Å². The number of hydrogen-bond donors (Lipinski definition) is 0. The van der Waals surface area contributed by atoms with Crippen LogP contribution in [0.25, 0.3) is 0 Å². The number of rotatable bonds is 3. The van der Waals surface area contributed by atoms with Crippen LogP contribution in [-0.2, 0) is 9.53 Å². The maximum absolute atomic E-state index is 12.6. The van der Waals surface area contributed by atoms with Gasteiger partial charge in [-0.1, -0.05) is 6.07 Å². The Labute approximate surface area is 138 Å². The van der Waals surface area contributed by atoms with Gasteiger partial charge < -0.3 is 9.64 Å². The minimum atomic E-state index is -4.84. The topological polar surface area (TPSA) is 46.6 Å². The number of halogens is 3. The molecule has 0 N–H and O–H groups in total. The molecule has 1 amide bonds. The molecule has 0 bridgehead atoms. The van der Waals surface area contributed by atoms with Crippen LogP contribution in [0.1, 0.15) is 47.2 Å². The third-order valence-corrected chi connectivity index (χ3v) is 4.17. The molecule has 132 valence electrons. The third-order valence-electron chi connectivity index (χ3n) is 4.17. The van der Waals surface area contributed by atoms with E-state index in [9.17, 15) is 22.8 Å². The lowest BCUT2D eigenvalue weighted by Crippen LogP contribution is -2.45. The molecule has 0 saturated carbocycles. The van der Waals surface area contributed by atoms with Crippen molar-refractivity contribution >= 4 is 11.9 Å². The zero-order chi connectivity index (χ0) is 17.9. The average Bonchev–Trinajstić information content (AvgIpc) is 2.53. The van der Waals surface area contributed by atoms with Crippen molar-refractivity contribution in [3.05, 3.63) is 34.9 Å². The zero-order valence-electron chi connectivity index (χ0n) is 13.7. The van der Waals surface area contributed by atoms with Crippen molar-refractivity contribution in [1.82, 2.24) is 4.90 Å². The molecule has 1 aromatic carbocycles. The van der Waals surface area contributed by atoms with Gasteiger partial charge in [0, 0.05) is 19.0 Å². The number of hydrogen-bond acceptors (Lipinski definition) is 3. The molecule has 0 aromatic heterocycles. The molecule has 1 aliphatic heterocycles. The highest BCUT2D eigenvalue weighted by Gasteiger charge is 2.43. The highest BCUT2D eigenvalue weighted by atomic mass is 19.4. The van der Waals surface area contributed by atoms with Gasteiger partial charge in [0.1, 0.15) is 0 Å². The summed E-state index contributed by atoms with van der Waals surface area (Å²) in [5.74, 6) is -2.38. The molecule has 1 aliphatic rings. The summed E-state index contributed by atoms with van der Waals surface area (Å²) < 4.78 is 42.8. The Hall–Kier alpha value is -2.05. The van der Waals surface area contributed by atoms with Crippen molar-refractivity contribution < 1.29 is 27.5 Å². The van der Waals surface area contributed by atoms with Gasteiger partial charge in [0.05, 0.1) is 12.2 Å². The molecular weight excluding hydrogens is 323 g/mol. The highest BCUT2D eigenvalue weighted by Crippen LogP contribution is 2.31. The van der Waals surface area contributed by atoms with Crippen molar-refractivity contribution in [2.24, 2.45) is 0 Å². The first-order chi connectivity index (χ1) is 11.2. The van der Waals surface area contributed by atoms with Crippen LogP contribution in [0.3, 0.4) is 0 Å². The molecule has 2 rings (SSSR count). The van der Waals surface area contributed by atoms with Gasteiger partial charge in [0.25, 0.3) is 0 Å². The molecule has 0 spiro atoms. The van der Waals surface area contributed by atoms with Crippen molar-refractivity contribution in [3.63, 3.8) is 0 Å². The quantitative estimate of drug-likeness (QED) is 0.790. The lowest BCUT2D eigenvalue weighted by Gasteiger charge is -2.34. The first-order valence-corrected chi connectivity index (χ1v) is 7.87. The van der Waals surface area contributed by atoms with Crippen molar-refractivity contribution in [3.8, 4) is 0 Å². The van der Waals surface area contributed by atoms with Crippen molar-refractivity contribution in [1.29, 1.82) is 0 Å². The normalized spacial score (nSPS) is 18.4. The summed E-state index contributed by atoms with van der Waals surface area (Å²) in [5.41, 5.74) is 2.09. The van der Waals surface area contributed by atoms with E-state index in [2.05, 4.69) is 0 Å². The monoisotopic (exact) mass is 343 g/mol. The van der Waals surface area contributed by atoms with Crippen LogP contribution >= 0.6 is 0 Å². The van der Waals surface area contributed by atoms with E-state index < -0.39 is 18.1 Å². The smallest absolute Gasteiger partial charge is 0.462 e. The van der Waals surface area contributed by atoms with E-state index in [0.717, 1.165) is 16.0 Å². The number of aryl methyl sites for hydroxylation is 1. The standard InChI is InChI=1S/C17H20F3NO3/c1-3-24-15(22)12-6-7-14(11(2)9-12)13-5-4-8-21(10-13)16(23)17(18,19)20/h6-7,9,13H,3-5,8,10H2,1-2H3/t13-/m0/s1. The Morgan fingerprint density at radius 1 is 1.33 bits per heavy atom. The summed E-state index contributed by atoms with van der Waals surface area (Å²) in [6, 6.07) is 5.04. The number of alkyl halides is 3. The van der Waals surface area contributed by atoms with Crippen LogP contribution < -0.4 is 0 Å². The first-order valence-electron chi connectivity index (χ1n) is 7.87. The van der Waals surface area contributed by atoms with Gasteiger partial charge in [-0.05, 0) is 49.9 Å². The van der Waals surface area contributed by atoms with E-state index in [1.54, 1.807) is 25.1 Å². The van der Waals surface area contributed by atoms with E-state index in [4.69, 9.17) is 4.74 Å². The predicted octanol–water partition coefficient (Wildman–Crippen LogP) is 3.44. The fourth-order valence-electron chi connectivity index (χ4n) is 3.07. The molecule has 0 unspecified atom stereocenters. The molecule has 1 atom stereocenters.